The molecule has 0 saturated carbocycles. The van der Waals surface area contributed by atoms with Gasteiger partial charge in [0.2, 0.25) is 0 Å². The van der Waals surface area contributed by atoms with Gasteiger partial charge in [-0.25, -0.2) is 0 Å². The Morgan fingerprint density at radius 3 is 2.94 bits per heavy atom. The topological polar surface area (TPSA) is 71.3 Å². The number of carbonyl (C=O) groups excluding carboxylic acids is 1. The number of hydrogen-bond acceptors (Lipinski definition) is 5. The monoisotopic (exact) mass is 474 g/mol. The third-order valence-corrected chi connectivity index (χ3v) is 6.80. The Morgan fingerprint density at radius 2 is 2.12 bits per heavy atom. The standard InChI is InChI=1S/C27H27ClN4O2/c1-17-7-9-21(19-6-3-11-29-15-19)22(13-17)26(33)32-12-4-5-18(2)24(32)16-30-27-31-23-14-20(28)8-10-25(23)34-27/h3,6-11,13-15,18,24H,4-5,12,16H2,1-2H3,(H,30,31)/t18-,24?/m1/s1. The Kier molecular flexibility index (Phi) is 6.24. The summed E-state index contributed by atoms with van der Waals surface area (Å²) in [6.07, 6.45) is 5.60. The molecule has 1 fully saturated rings. The van der Waals surface area contributed by atoms with Crippen LogP contribution in [0.3, 0.4) is 0 Å². The van der Waals surface area contributed by atoms with Crippen molar-refractivity contribution >= 4 is 34.6 Å². The number of benzene rings is 2. The molecule has 2 aromatic carbocycles. The van der Waals surface area contributed by atoms with Gasteiger partial charge in [-0.05, 0) is 61.6 Å². The Labute approximate surface area is 204 Å². The lowest BCUT2D eigenvalue weighted by Gasteiger charge is -2.40. The molecular weight excluding hydrogens is 448 g/mol. The van der Waals surface area contributed by atoms with Gasteiger partial charge in [-0.15, -0.1) is 0 Å². The van der Waals surface area contributed by atoms with Gasteiger partial charge in [-0.2, -0.15) is 4.98 Å². The number of piperidine rings is 1. The minimum atomic E-state index is 0.0158. The summed E-state index contributed by atoms with van der Waals surface area (Å²) < 4.78 is 5.83. The highest BCUT2D eigenvalue weighted by Crippen LogP contribution is 2.30. The van der Waals surface area contributed by atoms with E-state index in [-0.39, 0.29) is 11.9 Å². The lowest BCUT2D eigenvalue weighted by atomic mass is 9.89. The number of hydrogen-bond donors (Lipinski definition) is 1. The first kappa shape index (κ1) is 22.4. The van der Waals surface area contributed by atoms with E-state index in [0.29, 0.717) is 40.2 Å². The number of amides is 1. The maximum atomic E-state index is 13.9. The number of nitrogens with zero attached hydrogens (tertiary/aromatic N) is 3. The second kappa shape index (κ2) is 9.47. The van der Waals surface area contributed by atoms with Crippen molar-refractivity contribution in [3.05, 3.63) is 77.1 Å². The van der Waals surface area contributed by atoms with Crippen LogP contribution in [0.25, 0.3) is 22.2 Å². The van der Waals surface area contributed by atoms with Crippen molar-refractivity contribution in [3.63, 3.8) is 0 Å². The van der Waals surface area contributed by atoms with Crippen molar-refractivity contribution in [2.24, 2.45) is 5.92 Å². The van der Waals surface area contributed by atoms with Gasteiger partial charge in [0.15, 0.2) is 5.58 Å². The van der Waals surface area contributed by atoms with E-state index in [0.717, 1.165) is 36.1 Å². The number of fused-ring (bicyclic) bond motifs is 1. The van der Waals surface area contributed by atoms with Crippen LogP contribution in [0.15, 0.2) is 65.3 Å². The van der Waals surface area contributed by atoms with Crippen LogP contribution in [0.4, 0.5) is 6.01 Å². The number of aryl methyl sites for hydroxylation is 1. The zero-order valence-electron chi connectivity index (χ0n) is 19.3. The highest BCUT2D eigenvalue weighted by atomic mass is 35.5. The molecule has 1 amide bonds. The summed E-state index contributed by atoms with van der Waals surface area (Å²) in [5.74, 6) is 0.390. The maximum absolute atomic E-state index is 13.9. The molecule has 0 aliphatic carbocycles. The van der Waals surface area contributed by atoms with Crippen LogP contribution in [-0.4, -0.2) is 39.9 Å². The van der Waals surface area contributed by atoms with Gasteiger partial charge in [-0.1, -0.05) is 42.3 Å². The molecule has 1 aliphatic heterocycles. The molecule has 0 radical (unpaired) electrons. The van der Waals surface area contributed by atoms with E-state index in [4.69, 9.17) is 16.0 Å². The van der Waals surface area contributed by atoms with E-state index in [1.165, 1.54) is 0 Å². The summed E-state index contributed by atoms with van der Waals surface area (Å²) in [6, 6.07) is 15.8. The largest absolute Gasteiger partial charge is 0.424 e. The molecule has 34 heavy (non-hydrogen) atoms. The van der Waals surface area contributed by atoms with Crippen molar-refractivity contribution in [1.29, 1.82) is 0 Å². The molecule has 0 bridgehead atoms. The smallest absolute Gasteiger partial charge is 0.295 e. The van der Waals surface area contributed by atoms with E-state index in [1.54, 1.807) is 24.5 Å². The zero-order chi connectivity index (χ0) is 23.7. The quantitative estimate of drug-likeness (QED) is 0.372. The van der Waals surface area contributed by atoms with Crippen LogP contribution in [-0.2, 0) is 0 Å². The fraction of sp³-hybridized carbons (Fsp3) is 0.296. The molecular formula is C27H27ClN4O2. The van der Waals surface area contributed by atoms with Gasteiger partial charge < -0.3 is 14.6 Å². The van der Waals surface area contributed by atoms with Crippen LogP contribution in [0.5, 0.6) is 0 Å². The lowest BCUT2D eigenvalue weighted by molar-refractivity contribution is 0.0540. The van der Waals surface area contributed by atoms with Gasteiger partial charge >= 0.3 is 0 Å². The third kappa shape index (κ3) is 4.50. The van der Waals surface area contributed by atoms with E-state index < -0.39 is 0 Å². The first-order chi connectivity index (χ1) is 16.5. The van der Waals surface area contributed by atoms with Gasteiger partial charge in [-0.3, -0.25) is 9.78 Å². The number of oxazole rings is 1. The van der Waals surface area contributed by atoms with Gasteiger partial charge in [0.25, 0.3) is 11.9 Å². The summed E-state index contributed by atoms with van der Waals surface area (Å²) in [6.45, 7) is 5.50. The van der Waals surface area contributed by atoms with E-state index in [1.807, 2.05) is 48.2 Å². The van der Waals surface area contributed by atoms with Crippen molar-refractivity contribution in [3.8, 4) is 11.1 Å². The summed E-state index contributed by atoms with van der Waals surface area (Å²) >= 11 is 6.08. The Bertz CT molecular complexity index is 1320. The van der Waals surface area contributed by atoms with Gasteiger partial charge in [0.1, 0.15) is 5.52 Å². The number of pyridine rings is 1. The second-order valence-electron chi connectivity index (χ2n) is 8.99. The number of halogens is 1. The predicted octanol–water partition coefficient (Wildman–Crippen LogP) is 6.20. The van der Waals surface area contributed by atoms with Gasteiger partial charge in [0.05, 0.1) is 6.04 Å². The molecule has 7 heteroatoms. The fourth-order valence-corrected chi connectivity index (χ4v) is 4.91. The van der Waals surface area contributed by atoms with Crippen LogP contribution < -0.4 is 5.32 Å². The van der Waals surface area contributed by atoms with E-state index in [2.05, 4.69) is 22.2 Å². The first-order valence-electron chi connectivity index (χ1n) is 11.6. The molecule has 174 valence electrons. The fourth-order valence-electron chi connectivity index (χ4n) is 4.74. The number of anilines is 1. The Balaban J connectivity index is 1.41. The Hall–Kier alpha value is -3.38. The first-order valence-corrected chi connectivity index (χ1v) is 12.0. The third-order valence-electron chi connectivity index (χ3n) is 6.57. The molecule has 6 nitrogen and oxygen atoms in total. The normalized spacial score (nSPS) is 18.3. The highest BCUT2D eigenvalue weighted by molar-refractivity contribution is 6.31. The van der Waals surface area contributed by atoms with Crippen molar-refractivity contribution in [1.82, 2.24) is 14.9 Å². The minimum Gasteiger partial charge on any atom is -0.424 e. The molecule has 0 spiro atoms. The molecule has 5 rings (SSSR count). The zero-order valence-corrected chi connectivity index (χ0v) is 20.0. The summed E-state index contributed by atoms with van der Waals surface area (Å²) in [7, 11) is 0. The average molecular weight is 475 g/mol. The molecule has 2 aromatic heterocycles. The molecule has 4 aromatic rings. The van der Waals surface area contributed by atoms with Gasteiger partial charge in [0, 0.05) is 41.6 Å². The maximum Gasteiger partial charge on any atom is 0.295 e. The van der Waals surface area contributed by atoms with Crippen LogP contribution in [0, 0.1) is 12.8 Å². The lowest BCUT2D eigenvalue weighted by Crippen LogP contribution is -2.51. The Morgan fingerprint density at radius 1 is 1.24 bits per heavy atom. The van der Waals surface area contributed by atoms with Crippen molar-refractivity contribution in [2.75, 3.05) is 18.4 Å². The van der Waals surface area contributed by atoms with Crippen LogP contribution in [0.1, 0.15) is 35.7 Å². The molecule has 1 N–H and O–H groups in total. The average Bonchev–Trinajstić information content (AvgIpc) is 3.25. The minimum absolute atomic E-state index is 0.0158. The predicted molar refractivity (Wildman–Crippen MR) is 135 cm³/mol. The summed E-state index contributed by atoms with van der Waals surface area (Å²) in [4.78, 5) is 24.7. The van der Waals surface area contributed by atoms with E-state index >= 15 is 0 Å². The SMILES string of the molecule is Cc1ccc(-c2cccnc2)c(C(=O)N2CCC[C@@H](C)C2CNc2nc3cc(Cl)ccc3o2)c1. The molecule has 2 atom stereocenters. The van der Waals surface area contributed by atoms with Crippen LogP contribution >= 0.6 is 11.6 Å². The molecule has 3 heterocycles. The second-order valence-corrected chi connectivity index (χ2v) is 9.42. The number of rotatable bonds is 5. The molecule has 1 unspecified atom stereocenters. The molecule has 1 saturated heterocycles. The number of aromatic nitrogens is 2. The highest BCUT2D eigenvalue weighted by Gasteiger charge is 2.33. The number of carbonyl (C=O) groups is 1. The van der Waals surface area contributed by atoms with Crippen LogP contribution in [0.2, 0.25) is 5.02 Å². The molecule has 1 aliphatic rings. The summed E-state index contributed by atoms with van der Waals surface area (Å²) in [5.41, 5.74) is 5.00. The number of nitrogens with one attached hydrogen (secondary N) is 1. The van der Waals surface area contributed by atoms with Crippen molar-refractivity contribution in [2.45, 2.75) is 32.7 Å². The summed E-state index contributed by atoms with van der Waals surface area (Å²) in [5, 5.41) is 3.94. The number of likely N-dealkylation sites (tertiary alicyclic amines) is 1. The van der Waals surface area contributed by atoms with E-state index in [9.17, 15) is 4.79 Å². The van der Waals surface area contributed by atoms with Crippen molar-refractivity contribution < 1.29 is 9.21 Å².